The van der Waals surface area contributed by atoms with E-state index in [9.17, 15) is 8.78 Å². The topological polar surface area (TPSA) is 38.9 Å². The Balaban J connectivity index is 1.93. The summed E-state index contributed by atoms with van der Waals surface area (Å²) < 4.78 is 26.9. The molecule has 100 valence electrons. The van der Waals surface area contributed by atoms with Gasteiger partial charge in [-0.15, -0.1) is 0 Å². The van der Waals surface area contributed by atoms with Gasteiger partial charge in [0.25, 0.3) is 0 Å². The molecule has 0 bridgehead atoms. The molecule has 0 saturated heterocycles. The van der Waals surface area contributed by atoms with Crippen LogP contribution in [0.4, 0.5) is 8.78 Å². The maximum atomic E-state index is 13.5. The van der Waals surface area contributed by atoms with Crippen LogP contribution in [0.5, 0.6) is 0 Å². The minimum absolute atomic E-state index is 0.0738. The summed E-state index contributed by atoms with van der Waals surface area (Å²) in [7, 11) is 0. The SMILES string of the molecule is NC(CCc1ccncc1)Cc1c(F)cccc1F. The van der Waals surface area contributed by atoms with E-state index in [1.165, 1.54) is 18.2 Å². The number of nitrogens with two attached hydrogens (primary N) is 1. The molecule has 1 aromatic carbocycles. The molecule has 0 radical (unpaired) electrons. The van der Waals surface area contributed by atoms with Crippen molar-refractivity contribution < 1.29 is 8.78 Å². The molecule has 0 aliphatic heterocycles. The van der Waals surface area contributed by atoms with E-state index < -0.39 is 11.6 Å². The molecule has 0 saturated carbocycles. The van der Waals surface area contributed by atoms with Crippen molar-refractivity contribution in [2.45, 2.75) is 25.3 Å². The van der Waals surface area contributed by atoms with E-state index in [1.807, 2.05) is 12.1 Å². The Morgan fingerprint density at radius 1 is 1.05 bits per heavy atom. The van der Waals surface area contributed by atoms with E-state index in [0.29, 0.717) is 6.42 Å². The number of aryl methyl sites for hydroxylation is 1. The first-order valence-corrected chi connectivity index (χ1v) is 6.24. The smallest absolute Gasteiger partial charge is 0.129 e. The van der Waals surface area contributed by atoms with Crippen LogP contribution in [0.3, 0.4) is 0 Å². The summed E-state index contributed by atoms with van der Waals surface area (Å²) in [5.41, 5.74) is 7.14. The Kier molecular flexibility index (Phi) is 4.58. The Bertz CT molecular complexity index is 509. The third kappa shape index (κ3) is 3.83. The van der Waals surface area contributed by atoms with Crippen LogP contribution in [0.25, 0.3) is 0 Å². The highest BCUT2D eigenvalue weighted by molar-refractivity contribution is 5.21. The van der Waals surface area contributed by atoms with Gasteiger partial charge >= 0.3 is 0 Å². The van der Waals surface area contributed by atoms with Gasteiger partial charge < -0.3 is 5.73 Å². The Morgan fingerprint density at radius 3 is 2.32 bits per heavy atom. The average Bonchev–Trinajstić information content (AvgIpc) is 2.42. The summed E-state index contributed by atoms with van der Waals surface area (Å²) in [5, 5.41) is 0. The van der Waals surface area contributed by atoms with Crippen molar-refractivity contribution in [3.05, 3.63) is 65.5 Å². The van der Waals surface area contributed by atoms with Crippen LogP contribution < -0.4 is 5.73 Å². The first kappa shape index (κ1) is 13.6. The fourth-order valence-electron chi connectivity index (χ4n) is 1.99. The van der Waals surface area contributed by atoms with E-state index in [4.69, 9.17) is 5.73 Å². The number of hydrogen-bond acceptors (Lipinski definition) is 2. The molecule has 2 rings (SSSR count). The number of hydrogen-bond donors (Lipinski definition) is 1. The number of halogens is 2. The molecule has 0 aliphatic carbocycles. The highest BCUT2D eigenvalue weighted by Crippen LogP contribution is 2.15. The first-order valence-electron chi connectivity index (χ1n) is 6.24. The fourth-order valence-corrected chi connectivity index (χ4v) is 1.99. The summed E-state index contributed by atoms with van der Waals surface area (Å²) in [6.07, 6.45) is 5.11. The van der Waals surface area contributed by atoms with Crippen molar-refractivity contribution >= 4 is 0 Å². The summed E-state index contributed by atoms with van der Waals surface area (Å²) in [5.74, 6) is -1.06. The van der Waals surface area contributed by atoms with Gasteiger partial charge in [0.15, 0.2) is 0 Å². The second-order valence-corrected chi connectivity index (χ2v) is 4.56. The molecule has 4 heteroatoms. The third-order valence-electron chi connectivity index (χ3n) is 3.08. The number of rotatable bonds is 5. The lowest BCUT2D eigenvalue weighted by Gasteiger charge is -2.12. The van der Waals surface area contributed by atoms with Gasteiger partial charge in [0.05, 0.1) is 0 Å². The third-order valence-corrected chi connectivity index (χ3v) is 3.08. The van der Waals surface area contributed by atoms with E-state index >= 15 is 0 Å². The van der Waals surface area contributed by atoms with Gasteiger partial charge in [-0.05, 0) is 49.1 Å². The molecular formula is C15H16F2N2. The standard InChI is InChI=1S/C15H16F2N2/c16-14-2-1-3-15(17)13(14)10-12(18)5-4-11-6-8-19-9-7-11/h1-3,6-9,12H,4-5,10,18H2. The summed E-state index contributed by atoms with van der Waals surface area (Å²) in [6.45, 7) is 0. The molecule has 1 aromatic heterocycles. The summed E-state index contributed by atoms with van der Waals surface area (Å²) in [4.78, 5) is 3.93. The Labute approximate surface area is 111 Å². The lowest BCUT2D eigenvalue weighted by Crippen LogP contribution is -2.24. The molecule has 2 N–H and O–H groups in total. The highest BCUT2D eigenvalue weighted by Gasteiger charge is 2.12. The normalized spacial score (nSPS) is 12.4. The van der Waals surface area contributed by atoms with E-state index in [2.05, 4.69) is 4.98 Å². The molecule has 0 amide bonds. The summed E-state index contributed by atoms with van der Waals surface area (Å²) in [6, 6.07) is 7.44. The lowest BCUT2D eigenvalue weighted by atomic mass is 9.99. The quantitative estimate of drug-likeness (QED) is 0.900. The van der Waals surface area contributed by atoms with Gasteiger partial charge in [0.1, 0.15) is 11.6 Å². The van der Waals surface area contributed by atoms with Crippen molar-refractivity contribution in [2.75, 3.05) is 0 Å². The average molecular weight is 262 g/mol. The number of pyridine rings is 1. The number of aromatic nitrogens is 1. The van der Waals surface area contributed by atoms with Gasteiger partial charge in [0, 0.05) is 24.0 Å². The lowest BCUT2D eigenvalue weighted by molar-refractivity contribution is 0.523. The molecule has 0 aliphatic rings. The zero-order valence-corrected chi connectivity index (χ0v) is 10.5. The molecule has 0 spiro atoms. The van der Waals surface area contributed by atoms with E-state index in [-0.39, 0.29) is 18.0 Å². The van der Waals surface area contributed by atoms with E-state index in [0.717, 1.165) is 12.0 Å². The Morgan fingerprint density at radius 2 is 1.68 bits per heavy atom. The zero-order valence-electron chi connectivity index (χ0n) is 10.5. The van der Waals surface area contributed by atoms with Crippen molar-refractivity contribution in [1.29, 1.82) is 0 Å². The molecule has 19 heavy (non-hydrogen) atoms. The zero-order chi connectivity index (χ0) is 13.7. The van der Waals surface area contributed by atoms with E-state index in [1.54, 1.807) is 12.4 Å². The highest BCUT2D eigenvalue weighted by atomic mass is 19.1. The van der Waals surface area contributed by atoms with Crippen LogP contribution in [0, 0.1) is 11.6 Å². The molecule has 2 aromatic rings. The second kappa shape index (κ2) is 6.38. The van der Waals surface area contributed by atoms with Crippen LogP contribution in [0.1, 0.15) is 17.5 Å². The molecule has 1 heterocycles. The first-order chi connectivity index (χ1) is 9.16. The van der Waals surface area contributed by atoms with Crippen molar-refractivity contribution in [3.63, 3.8) is 0 Å². The minimum atomic E-state index is -0.528. The predicted molar refractivity (Wildman–Crippen MR) is 70.6 cm³/mol. The maximum absolute atomic E-state index is 13.5. The van der Waals surface area contributed by atoms with Gasteiger partial charge in [0.2, 0.25) is 0 Å². The molecule has 0 fully saturated rings. The van der Waals surface area contributed by atoms with Crippen LogP contribution in [0.15, 0.2) is 42.7 Å². The number of nitrogens with zero attached hydrogens (tertiary/aromatic N) is 1. The van der Waals surface area contributed by atoms with Crippen molar-refractivity contribution in [2.24, 2.45) is 5.73 Å². The number of benzene rings is 1. The molecule has 2 nitrogen and oxygen atoms in total. The van der Waals surface area contributed by atoms with Crippen LogP contribution in [-0.2, 0) is 12.8 Å². The fraction of sp³-hybridized carbons (Fsp3) is 0.267. The van der Waals surface area contributed by atoms with Crippen molar-refractivity contribution in [3.8, 4) is 0 Å². The minimum Gasteiger partial charge on any atom is -0.327 e. The van der Waals surface area contributed by atoms with Crippen LogP contribution in [-0.4, -0.2) is 11.0 Å². The molecule has 1 unspecified atom stereocenters. The Hall–Kier alpha value is -1.81. The molecular weight excluding hydrogens is 246 g/mol. The largest absolute Gasteiger partial charge is 0.327 e. The monoisotopic (exact) mass is 262 g/mol. The van der Waals surface area contributed by atoms with Crippen LogP contribution in [0.2, 0.25) is 0 Å². The predicted octanol–water partition coefficient (Wildman–Crippen LogP) is 2.86. The van der Waals surface area contributed by atoms with Crippen molar-refractivity contribution in [1.82, 2.24) is 4.98 Å². The van der Waals surface area contributed by atoms with Gasteiger partial charge in [-0.2, -0.15) is 0 Å². The molecule has 1 atom stereocenters. The summed E-state index contributed by atoms with van der Waals surface area (Å²) >= 11 is 0. The second-order valence-electron chi connectivity index (χ2n) is 4.56. The van der Waals surface area contributed by atoms with Gasteiger partial charge in [-0.25, -0.2) is 8.78 Å². The maximum Gasteiger partial charge on any atom is 0.129 e. The van der Waals surface area contributed by atoms with Gasteiger partial charge in [-0.1, -0.05) is 6.07 Å². The van der Waals surface area contributed by atoms with Crippen LogP contribution >= 0.6 is 0 Å². The van der Waals surface area contributed by atoms with Gasteiger partial charge in [-0.3, -0.25) is 4.98 Å².